The number of nitrogens with zero attached hydrogens (tertiary/aromatic N) is 1. The van der Waals surface area contributed by atoms with E-state index in [2.05, 4.69) is 15.4 Å². The van der Waals surface area contributed by atoms with Crippen molar-refractivity contribution in [1.82, 2.24) is 0 Å². The maximum Gasteiger partial charge on any atom is 0.339 e. The Hall–Kier alpha value is -4.32. The smallest absolute Gasteiger partial charge is 0.339 e. The molecule has 0 saturated heterocycles. The van der Waals surface area contributed by atoms with Crippen LogP contribution in [0.2, 0.25) is 0 Å². The van der Waals surface area contributed by atoms with Crippen LogP contribution in [0.1, 0.15) is 27.6 Å². The second kappa shape index (κ2) is 11.0. The lowest BCUT2D eigenvalue weighted by Gasteiger charge is -2.10. The number of hydrogen-bond acceptors (Lipinski definition) is 8. The van der Waals surface area contributed by atoms with Crippen LogP contribution in [0.5, 0.6) is 5.75 Å². The maximum absolute atomic E-state index is 12.4. The first-order chi connectivity index (χ1) is 14.9. The Labute approximate surface area is 179 Å². The summed E-state index contributed by atoms with van der Waals surface area (Å²) in [5, 5.41) is 14.7. The average Bonchev–Trinajstić information content (AvgIpc) is 2.79. The van der Waals surface area contributed by atoms with Gasteiger partial charge < -0.3 is 24.8 Å². The monoisotopic (exact) mass is 423 g/mol. The molecule has 0 radical (unpaired) electrons. The van der Waals surface area contributed by atoms with E-state index in [1.165, 1.54) is 32.4 Å². The van der Waals surface area contributed by atoms with Gasteiger partial charge >= 0.3 is 11.9 Å². The van der Waals surface area contributed by atoms with E-state index in [9.17, 15) is 19.6 Å². The number of amides is 1. The van der Waals surface area contributed by atoms with Crippen molar-refractivity contribution in [3.63, 3.8) is 0 Å². The summed E-state index contributed by atoms with van der Waals surface area (Å²) < 4.78 is 14.7. The molecule has 2 rings (SSSR count). The summed E-state index contributed by atoms with van der Waals surface area (Å²) in [6.07, 6.45) is 1.13. The molecule has 0 unspecified atom stereocenters. The standard InChI is InChI=1S/C22H21N3O6/c1-4-31-17-8-6-16(7-9-17)25-20(26)15(12-23)13-24-19-11-14(21(27)29-2)5-10-18(19)22(28)30-3/h5-11,13,24H,4H2,1-3H3,(H,25,26)/b15-13-. The van der Waals surface area contributed by atoms with E-state index in [1.54, 1.807) is 30.3 Å². The minimum Gasteiger partial charge on any atom is -0.494 e. The van der Waals surface area contributed by atoms with Gasteiger partial charge in [-0.3, -0.25) is 4.79 Å². The molecule has 1 amide bonds. The normalized spacial score (nSPS) is 10.5. The van der Waals surface area contributed by atoms with E-state index in [0.29, 0.717) is 18.0 Å². The van der Waals surface area contributed by atoms with Crippen molar-refractivity contribution in [2.24, 2.45) is 0 Å². The van der Waals surface area contributed by atoms with Gasteiger partial charge in [0.1, 0.15) is 17.4 Å². The molecule has 0 bridgehead atoms. The van der Waals surface area contributed by atoms with Crippen LogP contribution in [0.4, 0.5) is 11.4 Å². The molecule has 0 saturated carbocycles. The number of anilines is 2. The molecular formula is C22H21N3O6. The number of nitrogens with one attached hydrogen (secondary N) is 2. The van der Waals surface area contributed by atoms with Gasteiger partial charge in [0.2, 0.25) is 0 Å². The molecule has 0 aliphatic carbocycles. The summed E-state index contributed by atoms with van der Waals surface area (Å²) in [6.45, 7) is 2.38. The lowest BCUT2D eigenvalue weighted by Crippen LogP contribution is -2.15. The van der Waals surface area contributed by atoms with E-state index in [4.69, 9.17) is 9.47 Å². The molecule has 2 N–H and O–H groups in total. The third-order valence-electron chi connectivity index (χ3n) is 4.01. The van der Waals surface area contributed by atoms with E-state index in [0.717, 1.165) is 6.20 Å². The van der Waals surface area contributed by atoms with Gasteiger partial charge in [0.15, 0.2) is 0 Å². The van der Waals surface area contributed by atoms with Gasteiger partial charge in [-0.1, -0.05) is 0 Å². The molecule has 0 aliphatic rings. The van der Waals surface area contributed by atoms with Crippen molar-refractivity contribution in [2.75, 3.05) is 31.5 Å². The van der Waals surface area contributed by atoms with Crippen LogP contribution in [-0.2, 0) is 14.3 Å². The van der Waals surface area contributed by atoms with Crippen LogP contribution < -0.4 is 15.4 Å². The SMILES string of the molecule is CCOc1ccc(NC(=O)/C(C#N)=C\Nc2cc(C(=O)OC)ccc2C(=O)OC)cc1. The summed E-state index contributed by atoms with van der Waals surface area (Å²) in [7, 11) is 2.43. The topological polar surface area (TPSA) is 127 Å². The molecule has 31 heavy (non-hydrogen) atoms. The van der Waals surface area contributed by atoms with Crippen LogP contribution in [-0.4, -0.2) is 38.7 Å². The van der Waals surface area contributed by atoms with Gasteiger partial charge in [0.25, 0.3) is 5.91 Å². The lowest BCUT2D eigenvalue weighted by molar-refractivity contribution is -0.112. The van der Waals surface area contributed by atoms with Crippen molar-refractivity contribution in [2.45, 2.75) is 6.92 Å². The zero-order valence-electron chi connectivity index (χ0n) is 17.2. The van der Waals surface area contributed by atoms with Gasteiger partial charge in [-0.05, 0) is 49.4 Å². The third-order valence-corrected chi connectivity index (χ3v) is 4.01. The van der Waals surface area contributed by atoms with Crippen molar-refractivity contribution in [3.8, 4) is 11.8 Å². The second-order valence-corrected chi connectivity index (χ2v) is 5.97. The number of hydrogen-bond donors (Lipinski definition) is 2. The molecule has 9 heteroatoms. The lowest BCUT2D eigenvalue weighted by atomic mass is 10.1. The van der Waals surface area contributed by atoms with E-state index < -0.39 is 17.8 Å². The van der Waals surface area contributed by atoms with E-state index in [1.807, 2.05) is 6.92 Å². The third kappa shape index (κ3) is 6.08. The Bertz CT molecular complexity index is 1040. The van der Waals surface area contributed by atoms with E-state index in [-0.39, 0.29) is 22.4 Å². The van der Waals surface area contributed by atoms with Crippen molar-refractivity contribution >= 4 is 29.2 Å². The quantitative estimate of drug-likeness (QED) is 0.377. The van der Waals surface area contributed by atoms with Crippen molar-refractivity contribution in [3.05, 3.63) is 65.4 Å². The zero-order chi connectivity index (χ0) is 22.8. The van der Waals surface area contributed by atoms with Crippen LogP contribution in [0.15, 0.2) is 54.2 Å². The molecule has 0 aliphatic heterocycles. The highest BCUT2D eigenvalue weighted by Gasteiger charge is 2.16. The second-order valence-electron chi connectivity index (χ2n) is 5.97. The summed E-state index contributed by atoms with van der Waals surface area (Å²) in [5.74, 6) is -1.29. The Balaban J connectivity index is 2.24. The van der Waals surface area contributed by atoms with Crippen LogP contribution in [0.25, 0.3) is 0 Å². The number of rotatable bonds is 8. The van der Waals surface area contributed by atoms with Crippen LogP contribution in [0.3, 0.4) is 0 Å². The van der Waals surface area contributed by atoms with Crippen LogP contribution in [0, 0.1) is 11.3 Å². The fourth-order valence-corrected chi connectivity index (χ4v) is 2.49. The fourth-order valence-electron chi connectivity index (χ4n) is 2.49. The van der Waals surface area contributed by atoms with Gasteiger partial charge in [-0.2, -0.15) is 5.26 Å². The predicted octanol–water partition coefficient (Wildman–Crippen LogP) is 3.12. The maximum atomic E-state index is 12.4. The molecule has 160 valence electrons. The summed E-state index contributed by atoms with van der Waals surface area (Å²) in [5.41, 5.74) is 0.654. The van der Waals surface area contributed by atoms with Crippen molar-refractivity contribution < 1.29 is 28.6 Å². The largest absolute Gasteiger partial charge is 0.494 e. The minimum atomic E-state index is -0.664. The van der Waals surface area contributed by atoms with Crippen molar-refractivity contribution in [1.29, 1.82) is 5.26 Å². The Morgan fingerprint density at radius 1 is 1.03 bits per heavy atom. The molecule has 0 aromatic heterocycles. The number of ether oxygens (including phenoxy) is 3. The predicted molar refractivity (Wildman–Crippen MR) is 113 cm³/mol. The first-order valence-corrected chi connectivity index (χ1v) is 9.15. The number of carbonyl (C=O) groups is 3. The Morgan fingerprint density at radius 3 is 2.29 bits per heavy atom. The molecule has 0 fully saturated rings. The first-order valence-electron chi connectivity index (χ1n) is 9.15. The number of benzene rings is 2. The van der Waals surface area contributed by atoms with Crippen LogP contribution >= 0.6 is 0 Å². The number of methoxy groups -OCH3 is 2. The molecule has 0 spiro atoms. The highest BCUT2D eigenvalue weighted by Crippen LogP contribution is 2.21. The molecular weight excluding hydrogens is 402 g/mol. The number of esters is 2. The minimum absolute atomic E-state index is 0.107. The average molecular weight is 423 g/mol. The highest BCUT2D eigenvalue weighted by atomic mass is 16.5. The Morgan fingerprint density at radius 2 is 1.71 bits per heavy atom. The number of nitriles is 1. The van der Waals surface area contributed by atoms with Gasteiger partial charge in [0, 0.05) is 11.9 Å². The molecule has 2 aromatic carbocycles. The number of carbonyl (C=O) groups excluding carboxylic acids is 3. The fraction of sp³-hybridized carbons (Fsp3) is 0.182. The zero-order valence-corrected chi connectivity index (χ0v) is 17.2. The highest BCUT2D eigenvalue weighted by molar-refractivity contribution is 6.07. The van der Waals surface area contributed by atoms with Gasteiger partial charge in [0.05, 0.1) is 37.6 Å². The van der Waals surface area contributed by atoms with E-state index >= 15 is 0 Å². The summed E-state index contributed by atoms with van der Waals surface area (Å²) in [6, 6.07) is 12.6. The first kappa shape index (κ1) is 23.0. The summed E-state index contributed by atoms with van der Waals surface area (Å²) >= 11 is 0. The van der Waals surface area contributed by atoms with Gasteiger partial charge in [-0.15, -0.1) is 0 Å². The molecule has 0 heterocycles. The molecule has 9 nitrogen and oxygen atoms in total. The summed E-state index contributed by atoms with van der Waals surface area (Å²) in [4.78, 5) is 36.2. The molecule has 2 aromatic rings. The Kier molecular flexibility index (Phi) is 8.16. The van der Waals surface area contributed by atoms with Gasteiger partial charge in [-0.25, -0.2) is 9.59 Å². The molecule has 0 atom stereocenters.